The van der Waals surface area contributed by atoms with Crippen molar-refractivity contribution < 1.29 is 26.3 Å². The van der Waals surface area contributed by atoms with Crippen LogP contribution in [0.25, 0.3) is 28.2 Å². The summed E-state index contributed by atoms with van der Waals surface area (Å²) >= 11 is 0. The Balaban J connectivity index is 1.34. The van der Waals surface area contributed by atoms with E-state index in [0.29, 0.717) is 30.4 Å². The van der Waals surface area contributed by atoms with Crippen molar-refractivity contribution in [2.24, 2.45) is 0 Å². The van der Waals surface area contributed by atoms with E-state index >= 15 is 8.78 Å². The van der Waals surface area contributed by atoms with Crippen LogP contribution < -0.4 is 4.72 Å². The Kier molecular flexibility index (Phi) is 8.54. The van der Waals surface area contributed by atoms with Gasteiger partial charge in [-0.25, -0.2) is 31.6 Å². The van der Waals surface area contributed by atoms with Crippen molar-refractivity contribution in [3.8, 4) is 22.6 Å². The Labute approximate surface area is 266 Å². The molecule has 0 amide bonds. The molecule has 0 atom stereocenters. The van der Waals surface area contributed by atoms with Crippen LogP contribution in [-0.4, -0.2) is 47.0 Å². The zero-order valence-corrected chi connectivity index (χ0v) is 27.9. The van der Waals surface area contributed by atoms with Gasteiger partial charge in [0, 0.05) is 32.1 Å². The van der Waals surface area contributed by atoms with Crippen LogP contribution in [0, 0.1) is 24.4 Å². The molecule has 1 N–H and O–H groups in total. The molecule has 6 rings (SSSR count). The maximum atomic E-state index is 15.8. The number of ether oxygens (including phenoxy) is 1. The molecule has 9 nitrogen and oxygen atoms in total. The van der Waals surface area contributed by atoms with E-state index in [1.54, 1.807) is 22.9 Å². The number of fused-ring (bicyclic) bond motifs is 2. The lowest BCUT2D eigenvalue weighted by Crippen LogP contribution is -2.22. The summed E-state index contributed by atoms with van der Waals surface area (Å²) in [6, 6.07) is 7.05. The van der Waals surface area contributed by atoms with Crippen molar-refractivity contribution in [1.82, 2.24) is 23.9 Å². The summed E-state index contributed by atoms with van der Waals surface area (Å²) in [5.74, 6) is -2.19. The second kappa shape index (κ2) is 12.3. The minimum absolute atomic E-state index is 0.0256. The molecule has 0 bridgehead atoms. The van der Waals surface area contributed by atoms with E-state index in [1.807, 2.05) is 0 Å². The predicted octanol–water partition coefficient (Wildman–Crippen LogP) is 6.98. The van der Waals surface area contributed by atoms with E-state index in [4.69, 9.17) is 9.72 Å². The molecule has 0 fully saturated rings. The standard InChI is InChI=1S/C32H35F3N6O3SSi/c1-20-28(15-22(33)16-36-20)45(42,43)39-25-11-10-23(34)29(30(25)35)21-9-12-27-31(37-18-40(27)17-21)32-38-24-7-5-6-8-26(24)41(32)19-44-13-14-46(2,3)4/h9-12,15-18,39H,5-8,13-14,19H2,1-4H3. The summed E-state index contributed by atoms with van der Waals surface area (Å²) in [4.78, 5) is 12.9. The maximum absolute atomic E-state index is 15.8. The number of hydrogen-bond donors (Lipinski definition) is 1. The first kappa shape index (κ1) is 31.9. The smallest absolute Gasteiger partial charge is 0.263 e. The summed E-state index contributed by atoms with van der Waals surface area (Å²) in [6.45, 7) is 9.35. The molecule has 4 heterocycles. The molecule has 0 saturated heterocycles. The quantitative estimate of drug-likeness (QED) is 0.127. The van der Waals surface area contributed by atoms with Gasteiger partial charge in [-0.1, -0.05) is 25.7 Å². The first-order valence-corrected chi connectivity index (χ1v) is 20.3. The zero-order valence-electron chi connectivity index (χ0n) is 26.1. The van der Waals surface area contributed by atoms with Crippen LogP contribution in [0.1, 0.15) is 29.9 Å². The van der Waals surface area contributed by atoms with Crippen LogP contribution >= 0.6 is 0 Å². The van der Waals surface area contributed by atoms with E-state index in [1.165, 1.54) is 13.1 Å². The highest BCUT2D eigenvalue weighted by Gasteiger charge is 2.26. The number of halogens is 3. The molecular weight excluding hydrogens is 634 g/mol. The molecule has 0 unspecified atom stereocenters. The van der Waals surface area contributed by atoms with Crippen LogP contribution in [0.15, 0.2) is 53.9 Å². The molecule has 1 aliphatic carbocycles. The fourth-order valence-electron chi connectivity index (χ4n) is 5.63. The van der Waals surface area contributed by atoms with Gasteiger partial charge < -0.3 is 13.7 Å². The second-order valence-electron chi connectivity index (χ2n) is 12.7. The Hall–Kier alpha value is -4.01. The molecule has 4 aromatic heterocycles. The van der Waals surface area contributed by atoms with Gasteiger partial charge in [0.2, 0.25) is 0 Å². The average Bonchev–Trinajstić information content (AvgIpc) is 3.58. The van der Waals surface area contributed by atoms with Crippen LogP contribution in [0.5, 0.6) is 0 Å². The van der Waals surface area contributed by atoms with Crippen molar-refractivity contribution in [3.05, 3.63) is 83.6 Å². The molecule has 5 aromatic rings. The maximum Gasteiger partial charge on any atom is 0.263 e. The monoisotopic (exact) mass is 668 g/mol. The summed E-state index contributed by atoms with van der Waals surface area (Å²) < 4.78 is 82.7. The number of hydrogen-bond acceptors (Lipinski definition) is 6. The number of aromatic nitrogens is 5. The largest absolute Gasteiger partial charge is 0.361 e. The van der Waals surface area contributed by atoms with Gasteiger partial charge in [-0.05, 0) is 62.9 Å². The molecule has 0 spiro atoms. The third-order valence-electron chi connectivity index (χ3n) is 8.11. The van der Waals surface area contributed by atoms with Crippen molar-refractivity contribution in [3.63, 3.8) is 0 Å². The van der Waals surface area contributed by atoms with E-state index < -0.39 is 51.7 Å². The van der Waals surface area contributed by atoms with Gasteiger partial charge in [0.25, 0.3) is 10.0 Å². The lowest BCUT2D eigenvalue weighted by molar-refractivity contribution is 0.0861. The number of imidazole rings is 2. The number of sulfonamides is 1. The number of anilines is 1. The van der Waals surface area contributed by atoms with Crippen molar-refractivity contribution in [2.45, 2.75) is 69.9 Å². The van der Waals surface area contributed by atoms with Crippen LogP contribution in [0.3, 0.4) is 0 Å². The van der Waals surface area contributed by atoms with Gasteiger partial charge in [-0.15, -0.1) is 0 Å². The number of aryl methyl sites for hydroxylation is 2. The molecule has 0 saturated carbocycles. The number of pyridine rings is 2. The molecule has 1 aliphatic rings. The van der Waals surface area contributed by atoms with Crippen molar-refractivity contribution in [2.75, 3.05) is 11.3 Å². The first-order chi connectivity index (χ1) is 21.8. The Morgan fingerprint density at radius 3 is 2.61 bits per heavy atom. The van der Waals surface area contributed by atoms with Crippen molar-refractivity contribution in [1.29, 1.82) is 0 Å². The molecule has 0 radical (unpaired) electrons. The second-order valence-corrected chi connectivity index (χ2v) is 20.0. The van der Waals surface area contributed by atoms with Crippen molar-refractivity contribution >= 4 is 29.3 Å². The third kappa shape index (κ3) is 6.33. The number of benzene rings is 1. The van der Waals surface area contributed by atoms with Gasteiger partial charge in [-0.2, -0.15) is 0 Å². The Morgan fingerprint density at radius 2 is 1.83 bits per heavy atom. The average molecular weight is 669 g/mol. The SMILES string of the molecule is Cc1ncc(F)cc1S(=O)(=O)Nc1ccc(F)c(-c2ccc3c(-c4nc5c(n4COCC[Si](C)(C)C)CCCC5)ncn3c2)c1F. The minimum Gasteiger partial charge on any atom is -0.361 e. The van der Waals surface area contributed by atoms with Gasteiger partial charge in [0.05, 0.1) is 34.4 Å². The van der Waals surface area contributed by atoms with Gasteiger partial charge in [0.1, 0.15) is 35.3 Å². The fourth-order valence-corrected chi connectivity index (χ4v) is 7.65. The highest BCUT2D eigenvalue weighted by molar-refractivity contribution is 7.92. The van der Waals surface area contributed by atoms with Gasteiger partial charge in [0.15, 0.2) is 11.6 Å². The highest BCUT2D eigenvalue weighted by atomic mass is 32.2. The molecule has 46 heavy (non-hydrogen) atoms. The molecular formula is C32H35F3N6O3SSi. The predicted molar refractivity (Wildman–Crippen MR) is 172 cm³/mol. The van der Waals surface area contributed by atoms with Crippen LogP contribution in [0.2, 0.25) is 25.7 Å². The lowest BCUT2D eigenvalue weighted by atomic mass is 10.0. The number of nitrogens with one attached hydrogen (secondary N) is 1. The molecule has 0 aliphatic heterocycles. The highest BCUT2D eigenvalue weighted by Crippen LogP contribution is 2.34. The van der Waals surface area contributed by atoms with Crippen LogP contribution in [-0.2, 0) is 34.3 Å². The van der Waals surface area contributed by atoms with Crippen LogP contribution in [0.4, 0.5) is 18.9 Å². The summed E-state index contributed by atoms with van der Waals surface area (Å²) in [5.41, 5.74) is 2.76. The summed E-state index contributed by atoms with van der Waals surface area (Å²) in [6.07, 6.45) is 7.90. The normalized spacial score (nSPS) is 13.7. The van der Waals surface area contributed by atoms with E-state index in [0.717, 1.165) is 67.5 Å². The Morgan fingerprint density at radius 1 is 1.04 bits per heavy atom. The van der Waals surface area contributed by atoms with Gasteiger partial charge in [-0.3, -0.25) is 9.71 Å². The summed E-state index contributed by atoms with van der Waals surface area (Å²) in [5, 5.41) is 0. The minimum atomic E-state index is -4.43. The molecule has 242 valence electrons. The third-order valence-corrected chi connectivity index (χ3v) is 11.3. The lowest BCUT2D eigenvalue weighted by Gasteiger charge is -2.18. The number of rotatable bonds is 10. The topological polar surface area (TPSA) is 103 Å². The first-order valence-electron chi connectivity index (χ1n) is 15.1. The zero-order chi connectivity index (χ0) is 32.8. The molecule has 1 aromatic carbocycles. The van der Waals surface area contributed by atoms with E-state index in [2.05, 4.69) is 38.9 Å². The fraction of sp³-hybridized carbons (Fsp3) is 0.344. The van der Waals surface area contributed by atoms with E-state index in [9.17, 15) is 12.8 Å². The Bertz CT molecular complexity index is 2060. The molecule has 14 heteroatoms. The van der Waals surface area contributed by atoms with E-state index in [-0.39, 0.29) is 11.3 Å². The van der Waals surface area contributed by atoms with Gasteiger partial charge >= 0.3 is 0 Å². The summed E-state index contributed by atoms with van der Waals surface area (Å²) in [7, 11) is -5.69. The number of nitrogens with zero attached hydrogens (tertiary/aromatic N) is 5.